The molecule has 32 heavy (non-hydrogen) atoms. The van der Waals surface area contributed by atoms with E-state index in [-0.39, 0.29) is 16.3 Å². The smallest absolute Gasteiger partial charge is 0.335 e. The lowest BCUT2D eigenvalue weighted by molar-refractivity contribution is -0.952. The van der Waals surface area contributed by atoms with Crippen molar-refractivity contribution in [2.45, 2.75) is 42.5 Å². The number of nitrogens with zero attached hydrogens (tertiary/aromatic N) is 1. The number of hydrogen-bond donors (Lipinski definition) is 4. The Balaban J connectivity index is 1.58. The van der Waals surface area contributed by atoms with Crippen LogP contribution in [0.2, 0.25) is 5.02 Å². The monoisotopic (exact) mass is 462 g/mol. The van der Waals surface area contributed by atoms with Crippen molar-refractivity contribution in [3.63, 3.8) is 0 Å². The predicted octanol–water partition coefficient (Wildman–Crippen LogP) is 1.67. The topological polar surface area (TPSA) is 116 Å². The number of ether oxygens (including phenoxy) is 2. The van der Waals surface area contributed by atoms with Crippen LogP contribution in [-0.4, -0.2) is 81.7 Å². The van der Waals surface area contributed by atoms with Gasteiger partial charge in [-0.15, -0.1) is 0 Å². The number of aliphatic hydroxyl groups is 3. The summed E-state index contributed by atoms with van der Waals surface area (Å²) in [7, 11) is 1.87. The molecule has 2 saturated heterocycles. The van der Waals surface area contributed by atoms with Gasteiger partial charge in [0.15, 0.2) is 12.2 Å². The summed E-state index contributed by atoms with van der Waals surface area (Å²) >= 11 is 6.31. The molecule has 8 nitrogen and oxygen atoms in total. The zero-order valence-electron chi connectivity index (χ0n) is 17.3. The third-order valence-electron chi connectivity index (χ3n) is 7.07. The summed E-state index contributed by atoms with van der Waals surface area (Å²) in [6.45, 7) is 1.00. The quantitative estimate of drug-likeness (QED) is 0.501. The minimum Gasteiger partial charge on any atom is -0.479 e. The maximum atomic E-state index is 11.6. The molecular formula is C23H25ClNO7+. The van der Waals surface area contributed by atoms with Gasteiger partial charge < -0.3 is 29.9 Å². The molecule has 0 spiro atoms. The molecule has 6 unspecified atom stereocenters. The first-order chi connectivity index (χ1) is 15.2. The molecule has 0 aliphatic carbocycles. The molecule has 2 aromatic carbocycles. The molecule has 0 saturated carbocycles. The number of likely N-dealkylation sites (tertiary alicyclic amines) is 1. The fourth-order valence-electron chi connectivity index (χ4n) is 5.55. The molecule has 3 aliphatic heterocycles. The highest BCUT2D eigenvalue weighted by Crippen LogP contribution is 2.53. The Bertz CT molecular complexity index is 1060. The first-order valence-corrected chi connectivity index (χ1v) is 10.9. The van der Waals surface area contributed by atoms with E-state index >= 15 is 0 Å². The van der Waals surface area contributed by atoms with Crippen LogP contribution in [-0.2, 0) is 9.53 Å². The molecule has 9 heteroatoms. The zero-order chi connectivity index (χ0) is 22.8. The molecule has 3 aliphatic rings. The largest absolute Gasteiger partial charge is 0.479 e. The number of rotatable bonds is 2. The van der Waals surface area contributed by atoms with Gasteiger partial charge in [0.05, 0.1) is 20.1 Å². The number of carboxylic acid groups (broad SMARTS) is 1. The van der Waals surface area contributed by atoms with Crippen LogP contribution in [0.15, 0.2) is 42.5 Å². The van der Waals surface area contributed by atoms with E-state index in [9.17, 15) is 25.2 Å². The minimum absolute atomic E-state index is 0.0148. The summed E-state index contributed by atoms with van der Waals surface area (Å²) in [5.41, 5.74) is 1.94. The van der Waals surface area contributed by atoms with Crippen molar-refractivity contribution in [3.05, 3.63) is 58.6 Å². The highest BCUT2D eigenvalue weighted by Gasteiger charge is 2.58. The van der Waals surface area contributed by atoms with Crippen molar-refractivity contribution in [2.24, 2.45) is 0 Å². The van der Waals surface area contributed by atoms with Gasteiger partial charge in [-0.1, -0.05) is 29.8 Å². The fraction of sp³-hybridized carbons (Fsp3) is 0.435. The lowest BCUT2D eigenvalue weighted by Gasteiger charge is -2.46. The second-order valence-electron chi connectivity index (χ2n) is 9.14. The van der Waals surface area contributed by atoms with Crippen LogP contribution >= 0.6 is 11.6 Å². The van der Waals surface area contributed by atoms with Crippen LogP contribution in [0.4, 0.5) is 0 Å². The number of benzene rings is 2. The van der Waals surface area contributed by atoms with Gasteiger partial charge in [-0.25, -0.2) is 4.79 Å². The summed E-state index contributed by atoms with van der Waals surface area (Å²) in [6.07, 6.45) is -7.45. The van der Waals surface area contributed by atoms with Crippen molar-refractivity contribution in [1.82, 2.24) is 0 Å². The Hall–Kier alpha value is -2.20. The molecule has 4 N–H and O–H groups in total. The number of carbonyl (C=O) groups is 1. The summed E-state index contributed by atoms with van der Waals surface area (Å²) in [5, 5.41) is 41.3. The fourth-order valence-corrected chi connectivity index (χ4v) is 5.73. The van der Waals surface area contributed by atoms with Crippen molar-refractivity contribution in [2.75, 3.05) is 20.1 Å². The molecule has 0 bridgehead atoms. The number of aliphatic carboxylic acids is 1. The summed E-state index contributed by atoms with van der Waals surface area (Å²) in [5.74, 6) is -0.00321. The molecular weight excluding hydrogens is 438 g/mol. The first kappa shape index (κ1) is 21.6. The highest BCUT2D eigenvalue weighted by molar-refractivity contribution is 6.30. The predicted molar refractivity (Wildman–Crippen MR) is 114 cm³/mol. The number of carboxylic acids is 1. The highest BCUT2D eigenvalue weighted by atomic mass is 35.5. The zero-order valence-corrected chi connectivity index (χ0v) is 18.1. The summed E-state index contributed by atoms with van der Waals surface area (Å²) in [6, 6.07) is 13.3. The average Bonchev–Trinajstić information content (AvgIpc) is 3.06. The third-order valence-corrected chi connectivity index (χ3v) is 7.30. The maximum Gasteiger partial charge on any atom is 0.335 e. The normalized spacial score (nSPS) is 38.1. The van der Waals surface area contributed by atoms with E-state index < -0.39 is 36.6 Å². The summed E-state index contributed by atoms with van der Waals surface area (Å²) < 4.78 is 12.1. The second kappa shape index (κ2) is 7.69. The van der Waals surface area contributed by atoms with Gasteiger partial charge in [-0.05, 0) is 24.3 Å². The van der Waals surface area contributed by atoms with Gasteiger partial charge in [-0.3, -0.25) is 4.48 Å². The second-order valence-corrected chi connectivity index (χ2v) is 9.57. The van der Waals surface area contributed by atoms with Gasteiger partial charge in [-0.2, -0.15) is 0 Å². The van der Waals surface area contributed by atoms with Gasteiger partial charge in [0.1, 0.15) is 23.7 Å². The van der Waals surface area contributed by atoms with Crippen molar-refractivity contribution in [3.8, 4) is 11.5 Å². The maximum absolute atomic E-state index is 11.6. The average molecular weight is 463 g/mol. The van der Waals surface area contributed by atoms with Crippen molar-refractivity contribution in [1.29, 1.82) is 0 Å². The first-order valence-electron chi connectivity index (χ1n) is 10.5. The van der Waals surface area contributed by atoms with Gasteiger partial charge >= 0.3 is 5.97 Å². The third kappa shape index (κ3) is 3.30. The molecule has 0 radical (unpaired) electrons. The Morgan fingerprint density at radius 1 is 0.969 bits per heavy atom. The molecule has 2 fully saturated rings. The van der Waals surface area contributed by atoms with E-state index in [1.54, 1.807) is 6.07 Å². The van der Waals surface area contributed by atoms with Crippen LogP contribution in [0.5, 0.6) is 11.5 Å². The van der Waals surface area contributed by atoms with E-state index in [1.165, 1.54) is 0 Å². The molecule has 2 aromatic rings. The molecule has 170 valence electrons. The van der Waals surface area contributed by atoms with Crippen LogP contribution in [0, 0.1) is 0 Å². The minimum atomic E-state index is -1.72. The lowest BCUT2D eigenvalue weighted by atomic mass is 9.84. The van der Waals surface area contributed by atoms with Crippen LogP contribution in [0.25, 0.3) is 0 Å². The number of likely N-dealkylation sites (N-methyl/N-ethyl adjacent to an activating group) is 1. The standard InChI is InChI=1S/C23H24ClNO7/c1-25(22-20(28)18(26)19(27)21(32-22)23(29)30)9-14-12-4-2-3-5-16(12)31-17-7-6-11(24)8-13(17)15(14)10-25/h2-8,14-15,18-22,26-28H,9-10H2,1H3/p+1/t14-,15-,18?,19?,20?,21?,22?,25?/m0/s1. The molecule has 0 amide bonds. The Labute approximate surface area is 189 Å². The SMILES string of the molecule is C[N+]1(C2OC(C(=O)O)C(O)C(O)C2O)C[C@H]2c3ccccc3Oc3ccc(Cl)cc3[C@@H]2C1. The number of para-hydroxylation sites is 1. The number of halogens is 1. The Kier molecular flexibility index (Phi) is 5.20. The van der Waals surface area contributed by atoms with Gasteiger partial charge in [0, 0.05) is 28.0 Å². The number of fused-ring (bicyclic) bond motifs is 5. The van der Waals surface area contributed by atoms with Gasteiger partial charge in [0.25, 0.3) is 0 Å². The lowest BCUT2D eigenvalue weighted by Crippen LogP contribution is -2.68. The van der Waals surface area contributed by atoms with E-state index in [0.717, 1.165) is 16.9 Å². The van der Waals surface area contributed by atoms with Crippen LogP contribution in [0.1, 0.15) is 23.0 Å². The Morgan fingerprint density at radius 2 is 1.62 bits per heavy atom. The van der Waals surface area contributed by atoms with E-state index in [2.05, 4.69) is 0 Å². The Morgan fingerprint density at radius 3 is 2.34 bits per heavy atom. The van der Waals surface area contributed by atoms with E-state index in [1.807, 2.05) is 43.4 Å². The van der Waals surface area contributed by atoms with Crippen molar-refractivity contribution < 1.29 is 39.2 Å². The van der Waals surface area contributed by atoms with Gasteiger partial charge in [0.2, 0.25) is 6.23 Å². The number of hydrogen-bond acceptors (Lipinski definition) is 6. The van der Waals surface area contributed by atoms with E-state index in [0.29, 0.717) is 23.9 Å². The molecule has 0 aromatic heterocycles. The summed E-state index contributed by atoms with van der Waals surface area (Å²) in [4.78, 5) is 11.6. The number of aliphatic hydroxyl groups excluding tert-OH is 3. The van der Waals surface area contributed by atoms with Crippen molar-refractivity contribution >= 4 is 17.6 Å². The molecule has 5 rings (SSSR count). The van der Waals surface area contributed by atoms with E-state index in [4.69, 9.17) is 21.1 Å². The molecule has 3 heterocycles. The number of quaternary nitrogens is 1. The van der Waals surface area contributed by atoms with Crippen LogP contribution < -0.4 is 4.74 Å². The molecule has 8 atom stereocenters. The van der Waals surface area contributed by atoms with Crippen LogP contribution in [0.3, 0.4) is 0 Å².